The van der Waals surface area contributed by atoms with Gasteiger partial charge in [0.25, 0.3) is 5.56 Å². The summed E-state index contributed by atoms with van der Waals surface area (Å²) in [5.41, 5.74) is 3.67. The van der Waals surface area contributed by atoms with Crippen LogP contribution in [0.2, 0.25) is 0 Å². The number of rotatable bonds is 8. The summed E-state index contributed by atoms with van der Waals surface area (Å²) in [7, 11) is 0. The van der Waals surface area contributed by atoms with Gasteiger partial charge >= 0.3 is 0 Å². The highest BCUT2D eigenvalue weighted by molar-refractivity contribution is 5.81. The zero-order valence-electron chi connectivity index (χ0n) is 25.3. The van der Waals surface area contributed by atoms with Gasteiger partial charge in [0.15, 0.2) is 0 Å². The maximum absolute atomic E-state index is 15.3. The van der Waals surface area contributed by atoms with Crippen LogP contribution in [0.5, 0.6) is 0 Å². The molecule has 226 valence electrons. The van der Waals surface area contributed by atoms with E-state index < -0.39 is 0 Å². The number of aromatic nitrogens is 5. The quantitative estimate of drug-likeness (QED) is 0.281. The van der Waals surface area contributed by atoms with Crippen LogP contribution in [-0.4, -0.2) is 62.6 Å². The fourth-order valence-electron chi connectivity index (χ4n) is 6.21. The monoisotopic (exact) mass is 585 g/mol. The van der Waals surface area contributed by atoms with E-state index in [4.69, 9.17) is 4.98 Å². The van der Waals surface area contributed by atoms with Crippen molar-refractivity contribution in [3.8, 4) is 0 Å². The highest BCUT2D eigenvalue weighted by atomic mass is 19.1. The summed E-state index contributed by atoms with van der Waals surface area (Å²) in [6.45, 7) is 16.0. The van der Waals surface area contributed by atoms with Crippen molar-refractivity contribution in [2.75, 3.05) is 36.4 Å². The van der Waals surface area contributed by atoms with Gasteiger partial charge in [0, 0.05) is 60.7 Å². The third kappa shape index (κ3) is 5.92. The Labute approximate surface area is 251 Å². The average molecular weight is 586 g/mol. The molecule has 2 fully saturated rings. The number of pyridine rings is 1. The first kappa shape index (κ1) is 29.0. The van der Waals surface area contributed by atoms with Gasteiger partial charge < -0.3 is 20.9 Å². The SMILES string of the molecule is C=C(c1cc2cnc(Nc3ccc(N4C[C@@H](C)N[C@@H](C)C4)c(F)c3)nc2n(Cc2ccnn2C2CCNC2)c1=O)C(C)C. The minimum absolute atomic E-state index is 0.0982. The number of hydrogen-bond donors (Lipinski definition) is 3. The van der Waals surface area contributed by atoms with Gasteiger partial charge in [-0.15, -0.1) is 0 Å². The van der Waals surface area contributed by atoms with Crippen LogP contribution in [0.25, 0.3) is 16.6 Å². The Bertz CT molecular complexity index is 1690. The Hall–Kier alpha value is -4.09. The van der Waals surface area contributed by atoms with E-state index in [9.17, 15) is 4.79 Å². The molecular weight excluding hydrogens is 545 g/mol. The summed E-state index contributed by atoms with van der Waals surface area (Å²) in [4.78, 5) is 25.3. The summed E-state index contributed by atoms with van der Waals surface area (Å²) >= 11 is 0. The first-order chi connectivity index (χ1) is 20.7. The molecule has 2 aliphatic rings. The van der Waals surface area contributed by atoms with Crippen LogP contribution in [0, 0.1) is 11.7 Å². The molecule has 0 saturated carbocycles. The van der Waals surface area contributed by atoms with Gasteiger partial charge in [-0.1, -0.05) is 20.4 Å². The maximum Gasteiger partial charge on any atom is 0.260 e. The highest BCUT2D eigenvalue weighted by Gasteiger charge is 2.24. The second kappa shape index (κ2) is 11.9. The molecule has 43 heavy (non-hydrogen) atoms. The molecule has 10 nitrogen and oxygen atoms in total. The first-order valence-electron chi connectivity index (χ1n) is 15.1. The Kier molecular flexibility index (Phi) is 8.02. The number of nitrogens with one attached hydrogen (secondary N) is 3. The van der Waals surface area contributed by atoms with Crippen LogP contribution in [0.4, 0.5) is 21.7 Å². The van der Waals surface area contributed by atoms with Crippen molar-refractivity contribution in [3.63, 3.8) is 0 Å². The number of anilines is 3. The van der Waals surface area contributed by atoms with Crippen molar-refractivity contribution < 1.29 is 4.39 Å². The van der Waals surface area contributed by atoms with Crippen LogP contribution in [0.15, 0.2) is 54.1 Å². The van der Waals surface area contributed by atoms with Gasteiger partial charge in [-0.25, -0.2) is 9.37 Å². The number of hydrogen-bond acceptors (Lipinski definition) is 8. The van der Waals surface area contributed by atoms with E-state index >= 15 is 4.39 Å². The molecule has 0 amide bonds. The molecule has 2 saturated heterocycles. The summed E-state index contributed by atoms with van der Waals surface area (Å²) < 4.78 is 19.0. The fraction of sp³-hybridized carbons (Fsp3) is 0.438. The summed E-state index contributed by atoms with van der Waals surface area (Å²) in [5, 5.41) is 15.3. The molecule has 0 spiro atoms. The molecule has 5 heterocycles. The predicted octanol–water partition coefficient (Wildman–Crippen LogP) is 4.31. The van der Waals surface area contributed by atoms with Crippen LogP contribution in [0.3, 0.4) is 0 Å². The van der Waals surface area contributed by atoms with E-state index in [2.05, 4.69) is 51.4 Å². The molecule has 2 aliphatic heterocycles. The zero-order chi connectivity index (χ0) is 30.2. The van der Waals surface area contributed by atoms with Crippen LogP contribution >= 0.6 is 0 Å². The predicted molar refractivity (Wildman–Crippen MR) is 169 cm³/mol. The normalized spacial score (nSPS) is 20.7. The van der Waals surface area contributed by atoms with Gasteiger partial charge in [-0.05, 0) is 68.6 Å². The second-order valence-corrected chi connectivity index (χ2v) is 12.2. The lowest BCUT2D eigenvalue weighted by molar-refractivity contribution is 0.404. The maximum atomic E-state index is 15.3. The molecule has 0 radical (unpaired) electrons. The second-order valence-electron chi connectivity index (χ2n) is 12.2. The molecule has 6 rings (SSSR count). The van der Waals surface area contributed by atoms with Crippen LogP contribution in [-0.2, 0) is 6.54 Å². The third-order valence-corrected chi connectivity index (χ3v) is 8.42. The molecule has 0 bridgehead atoms. The zero-order valence-corrected chi connectivity index (χ0v) is 25.3. The van der Waals surface area contributed by atoms with Gasteiger partial charge in [0.05, 0.1) is 24.0 Å². The van der Waals surface area contributed by atoms with Crippen molar-refractivity contribution in [1.82, 2.24) is 34.9 Å². The number of nitrogens with zero attached hydrogens (tertiary/aromatic N) is 6. The fourth-order valence-corrected chi connectivity index (χ4v) is 6.21. The van der Waals surface area contributed by atoms with E-state index in [1.165, 1.54) is 6.07 Å². The Morgan fingerprint density at radius 3 is 2.67 bits per heavy atom. The molecule has 3 aromatic heterocycles. The lowest BCUT2D eigenvalue weighted by Gasteiger charge is -2.37. The number of allylic oxidation sites excluding steroid dienone is 1. The van der Waals surface area contributed by atoms with Gasteiger partial charge in [-0.2, -0.15) is 10.1 Å². The number of fused-ring (bicyclic) bond motifs is 1. The van der Waals surface area contributed by atoms with Crippen molar-refractivity contribution in [3.05, 3.63) is 76.7 Å². The number of piperazine rings is 1. The van der Waals surface area contributed by atoms with E-state index in [0.29, 0.717) is 29.1 Å². The van der Waals surface area contributed by atoms with Gasteiger partial charge in [0.1, 0.15) is 11.5 Å². The van der Waals surface area contributed by atoms with E-state index in [0.717, 1.165) is 49.3 Å². The standard InChI is InChI=1S/C32H40FN9O/c1-19(2)22(5)27-12-23-14-35-32(38-24-6-7-29(28(33)13-24)40-16-20(3)37-21(4)17-40)39-30(23)41(31(27)43)18-26-9-11-36-42(26)25-8-10-34-15-25/h6-7,9,11-14,19-21,25,34,37H,5,8,10,15-18H2,1-4H3,(H,35,38,39)/t20-,21+,25?. The minimum atomic E-state index is -0.310. The Morgan fingerprint density at radius 2 is 1.98 bits per heavy atom. The highest BCUT2D eigenvalue weighted by Crippen LogP contribution is 2.27. The molecule has 4 aromatic rings. The average Bonchev–Trinajstić information content (AvgIpc) is 3.66. The topological polar surface area (TPSA) is 105 Å². The summed E-state index contributed by atoms with van der Waals surface area (Å²) in [6.07, 6.45) is 4.45. The summed E-state index contributed by atoms with van der Waals surface area (Å²) in [6, 6.07) is 9.65. The smallest absolute Gasteiger partial charge is 0.260 e. The van der Waals surface area contributed by atoms with Crippen LogP contribution in [0.1, 0.15) is 51.4 Å². The van der Waals surface area contributed by atoms with Crippen LogP contribution < -0.4 is 26.4 Å². The lowest BCUT2D eigenvalue weighted by atomic mass is 9.97. The number of halogens is 1. The molecule has 1 unspecified atom stereocenters. The minimum Gasteiger partial charge on any atom is -0.366 e. The first-order valence-corrected chi connectivity index (χ1v) is 15.1. The summed E-state index contributed by atoms with van der Waals surface area (Å²) in [5.74, 6) is 0.0673. The Balaban J connectivity index is 1.35. The third-order valence-electron chi connectivity index (χ3n) is 8.42. The van der Waals surface area contributed by atoms with Crippen molar-refractivity contribution in [1.29, 1.82) is 0 Å². The van der Waals surface area contributed by atoms with Crippen molar-refractivity contribution in [2.24, 2.45) is 5.92 Å². The molecular formula is C32H40FN9O. The molecule has 3 N–H and O–H groups in total. The number of benzene rings is 1. The Morgan fingerprint density at radius 1 is 1.19 bits per heavy atom. The van der Waals surface area contributed by atoms with E-state index in [1.54, 1.807) is 23.0 Å². The molecule has 0 aliphatic carbocycles. The van der Waals surface area contributed by atoms with Crippen molar-refractivity contribution >= 4 is 33.9 Å². The molecule has 11 heteroatoms. The molecule has 1 aromatic carbocycles. The van der Waals surface area contributed by atoms with E-state index in [1.807, 2.05) is 36.7 Å². The lowest BCUT2D eigenvalue weighted by Crippen LogP contribution is -2.54. The molecule has 3 atom stereocenters. The van der Waals surface area contributed by atoms with Gasteiger partial charge in [-0.3, -0.25) is 14.0 Å². The van der Waals surface area contributed by atoms with Gasteiger partial charge in [0.2, 0.25) is 5.95 Å². The van der Waals surface area contributed by atoms with E-state index in [-0.39, 0.29) is 41.4 Å². The largest absolute Gasteiger partial charge is 0.366 e. The van der Waals surface area contributed by atoms with Crippen molar-refractivity contribution in [2.45, 2.75) is 58.8 Å².